The molecule has 2 aliphatic rings. The number of benzene rings is 1. The molecule has 2 fully saturated rings. The second-order valence-electron chi connectivity index (χ2n) is 8.00. The van der Waals surface area contributed by atoms with E-state index in [2.05, 4.69) is 58.9 Å². The third-order valence-electron chi connectivity index (χ3n) is 5.75. The lowest BCUT2D eigenvalue weighted by atomic mass is 9.98. The van der Waals surface area contributed by atoms with Crippen molar-refractivity contribution in [2.75, 3.05) is 18.2 Å². The lowest BCUT2D eigenvalue weighted by molar-refractivity contribution is -0.117. The van der Waals surface area contributed by atoms with E-state index in [1.165, 1.54) is 29.0 Å². The first-order chi connectivity index (χ1) is 14.7. The lowest BCUT2D eigenvalue weighted by Crippen LogP contribution is -2.40. The number of pyridine rings is 1. The number of carbonyl (C=O) groups excluding carboxylic acids is 1. The topological polar surface area (TPSA) is 63.2 Å². The van der Waals surface area contributed by atoms with Crippen molar-refractivity contribution in [3.63, 3.8) is 0 Å². The number of aryl methyl sites for hydroxylation is 1. The van der Waals surface area contributed by atoms with E-state index in [0.29, 0.717) is 18.4 Å². The summed E-state index contributed by atoms with van der Waals surface area (Å²) in [6.07, 6.45) is 8.30. The third-order valence-corrected chi connectivity index (χ3v) is 7.87. The van der Waals surface area contributed by atoms with Crippen LogP contribution in [-0.4, -0.2) is 40.2 Å². The molecular formula is C24H31N3O2S. The van der Waals surface area contributed by atoms with Gasteiger partial charge in [-0.3, -0.25) is 15.1 Å². The summed E-state index contributed by atoms with van der Waals surface area (Å²) in [7, 11) is 0.0718. The predicted octanol–water partition coefficient (Wildman–Crippen LogP) is 3.44. The molecule has 2 unspecified atom stereocenters. The van der Waals surface area contributed by atoms with Crippen molar-refractivity contribution in [2.45, 2.75) is 51.5 Å². The van der Waals surface area contributed by atoms with Crippen LogP contribution in [0.4, 0.5) is 0 Å². The quantitative estimate of drug-likeness (QED) is 0.667. The van der Waals surface area contributed by atoms with E-state index < -0.39 is 0 Å². The molecular weight excluding hydrogens is 394 g/mol. The molecule has 0 aliphatic carbocycles. The Morgan fingerprint density at radius 2 is 2.00 bits per heavy atom. The van der Waals surface area contributed by atoms with Gasteiger partial charge in [0, 0.05) is 29.3 Å². The van der Waals surface area contributed by atoms with Gasteiger partial charge in [-0.15, -0.1) is 10.5 Å². The fourth-order valence-corrected chi connectivity index (χ4v) is 5.93. The Bertz CT molecular complexity index is 894. The number of piperidine rings is 1. The Labute approximate surface area is 181 Å². The van der Waals surface area contributed by atoms with E-state index in [1.54, 1.807) is 0 Å². The van der Waals surface area contributed by atoms with Crippen LogP contribution in [0.1, 0.15) is 43.0 Å². The number of hydrogen-bond donors (Lipinski definition) is 2. The largest absolute Gasteiger partial charge is 0.493 e. The van der Waals surface area contributed by atoms with Crippen molar-refractivity contribution in [2.24, 2.45) is 0 Å². The first kappa shape index (κ1) is 21.1. The average Bonchev–Trinajstić information content (AvgIpc) is 3.22. The van der Waals surface area contributed by atoms with E-state index in [0.717, 1.165) is 43.0 Å². The lowest BCUT2D eigenvalue weighted by Gasteiger charge is -2.27. The second-order valence-corrected chi connectivity index (χ2v) is 10.1. The summed E-state index contributed by atoms with van der Waals surface area (Å²) in [5.41, 5.74) is 3.65. The van der Waals surface area contributed by atoms with Gasteiger partial charge in [-0.2, -0.15) is 0 Å². The summed E-state index contributed by atoms with van der Waals surface area (Å²) >= 11 is 0. The molecule has 1 aromatic heterocycles. The van der Waals surface area contributed by atoms with Crippen LogP contribution in [0.25, 0.3) is 0 Å². The van der Waals surface area contributed by atoms with Crippen molar-refractivity contribution in [1.82, 2.24) is 15.6 Å². The number of amides is 1. The number of nitrogens with one attached hydrogen (secondary N) is 2. The molecule has 2 saturated heterocycles. The summed E-state index contributed by atoms with van der Waals surface area (Å²) in [4.78, 5) is 17.4. The first-order valence-corrected chi connectivity index (χ1v) is 12.5. The normalized spacial score (nSPS) is 22.7. The third kappa shape index (κ3) is 5.70. The molecule has 2 aromatic rings. The minimum Gasteiger partial charge on any atom is -0.493 e. The summed E-state index contributed by atoms with van der Waals surface area (Å²) in [6, 6.07) is 13.2. The molecule has 0 bridgehead atoms. The van der Waals surface area contributed by atoms with Crippen LogP contribution < -0.4 is 15.4 Å². The van der Waals surface area contributed by atoms with E-state index in [4.69, 9.17) is 4.74 Å². The van der Waals surface area contributed by atoms with Gasteiger partial charge in [0.05, 0.1) is 18.2 Å². The SMILES string of the molecule is CCc1ccc(CCOc2ccc(CC3CCC/C(=S4/CNC(=O)C4)N3)cc2)nc1. The summed E-state index contributed by atoms with van der Waals surface area (Å²) < 4.78 is 5.91. The Hall–Kier alpha value is -2.18. The van der Waals surface area contributed by atoms with Crippen LogP contribution >= 0.6 is 10.5 Å². The van der Waals surface area contributed by atoms with Gasteiger partial charge in [-0.1, -0.05) is 25.1 Å². The molecule has 1 amide bonds. The van der Waals surface area contributed by atoms with Gasteiger partial charge in [0.2, 0.25) is 5.91 Å². The van der Waals surface area contributed by atoms with Gasteiger partial charge in [-0.05, 0) is 61.4 Å². The molecule has 3 heterocycles. The Morgan fingerprint density at radius 3 is 2.70 bits per heavy atom. The van der Waals surface area contributed by atoms with Crippen molar-refractivity contribution in [3.8, 4) is 5.75 Å². The van der Waals surface area contributed by atoms with E-state index in [-0.39, 0.29) is 16.4 Å². The Balaban J connectivity index is 1.25. The highest BCUT2D eigenvalue weighted by Crippen LogP contribution is 2.24. The van der Waals surface area contributed by atoms with Gasteiger partial charge in [0.1, 0.15) is 5.75 Å². The fraction of sp³-hybridized carbons (Fsp3) is 0.458. The Morgan fingerprint density at radius 1 is 1.17 bits per heavy atom. The maximum Gasteiger partial charge on any atom is 0.230 e. The predicted molar refractivity (Wildman–Crippen MR) is 124 cm³/mol. The van der Waals surface area contributed by atoms with Crippen LogP contribution in [0.15, 0.2) is 42.6 Å². The first-order valence-electron chi connectivity index (χ1n) is 10.9. The highest BCUT2D eigenvalue weighted by Gasteiger charge is 2.22. The highest BCUT2D eigenvalue weighted by molar-refractivity contribution is 8.16. The molecule has 0 radical (unpaired) electrons. The molecule has 1 aromatic carbocycles. The standard InChI is InChI=1S/C24H31N3O2S/c1-2-18-6-9-20(25-15-18)12-13-29-22-10-7-19(8-11-22)14-21-4-3-5-24(27-21)30-16-23(28)26-17-30/h6-11,15,21,27H,2-5,12-14,16-17H2,1H3,(H,26,28). The maximum atomic E-state index is 11.5. The fourth-order valence-electron chi connectivity index (χ4n) is 3.96. The van der Waals surface area contributed by atoms with Crippen LogP contribution in [0.3, 0.4) is 0 Å². The second kappa shape index (κ2) is 10.2. The average molecular weight is 426 g/mol. The molecule has 4 rings (SSSR count). The van der Waals surface area contributed by atoms with Crippen LogP contribution in [0.5, 0.6) is 5.75 Å². The van der Waals surface area contributed by atoms with E-state index in [9.17, 15) is 4.79 Å². The minimum absolute atomic E-state index is 0.0718. The summed E-state index contributed by atoms with van der Waals surface area (Å²) in [5.74, 6) is 2.58. The molecule has 0 saturated carbocycles. The van der Waals surface area contributed by atoms with Crippen molar-refractivity contribution in [1.29, 1.82) is 0 Å². The molecule has 2 atom stereocenters. The monoisotopic (exact) mass is 425 g/mol. The molecule has 2 aliphatic heterocycles. The van der Waals surface area contributed by atoms with Gasteiger partial charge in [0.25, 0.3) is 0 Å². The molecule has 160 valence electrons. The zero-order valence-electron chi connectivity index (χ0n) is 17.7. The highest BCUT2D eigenvalue weighted by atomic mass is 32.2. The number of hydrogen-bond acceptors (Lipinski definition) is 3. The van der Waals surface area contributed by atoms with Gasteiger partial charge < -0.3 is 10.1 Å². The minimum atomic E-state index is 0.0718. The van der Waals surface area contributed by atoms with Crippen molar-refractivity contribution in [3.05, 3.63) is 59.4 Å². The van der Waals surface area contributed by atoms with E-state index >= 15 is 0 Å². The van der Waals surface area contributed by atoms with Gasteiger partial charge in [-0.25, -0.2) is 0 Å². The maximum absolute atomic E-state index is 11.5. The summed E-state index contributed by atoms with van der Waals surface area (Å²) in [5, 5.41) is 6.70. The Kier molecular flexibility index (Phi) is 7.18. The van der Waals surface area contributed by atoms with Crippen LogP contribution in [-0.2, 0) is 24.1 Å². The zero-order valence-corrected chi connectivity index (χ0v) is 18.5. The number of carbonyl (C=O) groups is 1. The number of ether oxygens (including phenoxy) is 1. The summed E-state index contributed by atoms with van der Waals surface area (Å²) in [6.45, 7) is 2.77. The zero-order chi connectivity index (χ0) is 20.8. The van der Waals surface area contributed by atoms with Crippen molar-refractivity contribution < 1.29 is 9.53 Å². The van der Waals surface area contributed by atoms with E-state index in [1.807, 2.05) is 6.20 Å². The van der Waals surface area contributed by atoms with Gasteiger partial charge >= 0.3 is 0 Å². The van der Waals surface area contributed by atoms with Crippen LogP contribution in [0.2, 0.25) is 0 Å². The van der Waals surface area contributed by atoms with Crippen LogP contribution in [0, 0.1) is 0 Å². The molecule has 30 heavy (non-hydrogen) atoms. The van der Waals surface area contributed by atoms with Gasteiger partial charge in [0.15, 0.2) is 0 Å². The molecule has 2 N–H and O–H groups in total. The smallest absolute Gasteiger partial charge is 0.230 e. The number of nitrogens with zero attached hydrogens (tertiary/aromatic N) is 1. The molecule has 6 heteroatoms. The number of rotatable bonds is 7. The van der Waals surface area contributed by atoms with Crippen molar-refractivity contribution >= 4 is 21.4 Å². The molecule has 0 spiro atoms. The number of aromatic nitrogens is 1. The molecule has 5 nitrogen and oxygen atoms in total.